The lowest BCUT2D eigenvalue weighted by molar-refractivity contribution is 0.122. The first-order valence-corrected chi connectivity index (χ1v) is 7.03. The fraction of sp³-hybridized carbons (Fsp3) is 0.800. The average molecular weight is 350 g/mol. The van der Waals surface area contributed by atoms with Crippen LogP contribution >= 0.6 is 27.0 Å². The van der Waals surface area contributed by atoms with Gasteiger partial charge in [-0.15, -0.1) is 12.3 Å². The number of unbranched alkanes of at least 4 members (excludes halogenated alkanes) is 1. The lowest BCUT2D eigenvalue weighted by Gasteiger charge is -2.21. The van der Waals surface area contributed by atoms with E-state index in [0.717, 1.165) is 25.9 Å². The predicted molar refractivity (Wildman–Crippen MR) is 101 cm³/mol. The normalized spacial score (nSPS) is 12.7. The van der Waals surface area contributed by atoms with Gasteiger partial charge in [-0.05, 0) is 40.0 Å². The summed E-state index contributed by atoms with van der Waals surface area (Å²) in [5, 5.41) is 27.5. The van der Waals surface area contributed by atoms with E-state index in [2.05, 4.69) is 10.8 Å². The molecular weight excluding hydrogens is 318 g/mol. The molecule has 0 bridgehead atoms. The van der Waals surface area contributed by atoms with Crippen LogP contribution in [0.25, 0.3) is 0 Å². The van der Waals surface area contributed by atoms with E-state index in [1.165, 1.54) is 0 Å². The van der Waals surface area contributed by atoms with E-state index in [0.29, 0.717) is 19.5 Å². The van der Waals surface area contributed by atoms with Gasteiger partial charge in [0.25, 0.3) is 0 Å². The van der Waals surface area contributed by atoms with Gasteiger partial charge >= 0.3 is 0 Å². The zero-order valence-electron chi connectivity index (χ0n) is 13.6. The zero-order valence-corrected chi connectivity index (χ0v) is 15.6. The topological polar surface area (TPSA) is 70.7 Å². The molecule has 0 fully saturated rings. The van der Waals surface area contributed by atoms with Crippen LogP contribution in [-0.2, 0) is 0 Å². The molecule has 0 rings (SSSR count). The van der Waals surface area contributed by atoms with Crippen molar-refractivity contribution in [2.45, 2.75) is 37.9 Å². The van der Waals surface area contributed by atoms with E-state index in [4.69, 9.17) is 11.7 Å². The van der Waals surface area contributed by atoms with Gasteiger partial charge in [0.1, 0.15) is 0 Å². The van der Waals surface area contributed by atoms with Crippen LogP contribution in [0.1, 0.15) is 25.7 Å². The van der Waals surface area contributed by atoms with E-state index in [1.807, 2.05) is 25.1 Å². The fourth-order valence-corrected chi connectivity index (χ4v) is 2.04. The van der Waals surface area contributed by atoms with Crippen LogP contribution in [0, 0.1) is 23.7 Å². The fourth-order valence-electron chi connectivity index (χ4n) is 2.04. The van der Waals surface area contributed by atoms with Crippen molar-refractivity contribution < 1.29 is 10.2 Å². The van der Waals surface area contributed by atoms with Gasteiger partial charge < -0.3 is 20.0 Å². The van der Waals surface area contributed by atoms with Gasteiger partial charge in [-0.3, -0.25) is 0 Å². The Labute approximate surface area is 149 Å². The molecule has 0 heterocycles. The average Bonchev–Trinajstić information content (AvgIpc) is 2.35. The maximum Gasteiger partial charge on any atom is 0.0796 e. The molecule has 0 aromatic heterocycles. The van der Waals surface area contributed by atoms with Crippen LogP contribution in [0.5, 0.6) is 0 Å². The minimum Gasteiger partial charge on any atom is -0.391 e. The molecule has 0 aromatic carbocycles. The maximum absolute atomic E-state index is 9.57. The Balaban J connectivity index is -0.00000180. The largest absolute Gasteiger partial charge is 0.391 e. The van der Waals surface area contributed by atoms with E-state index in [9.17, 15) is 10.2 Å². The Morgan fingerprint density at radius 1 is 0.955 bits per heavy atom. The molecule has 0 spiro atoms. The van der Waals surface area contributed by atoms with Crippen molar-refractivity contribution in [2.75, 3.05) is 40.3 Å². The molecule has 0 saturated heterocycles. The van der Waals surface area contributed by atoms with Gasteiger partial charge in [-0.1, -0.05) is 0 Å². The first-order valence-electron chi connectivity index (χ1n) is 7.03. The highest BCUT2D eigenvalue weighted by molar-refractivity contribution is 7.59. The summed E-state index contributed by atoms with van der Waals surface area (Å²) in [6, 6.07) is 1.96. The van der Waals surface area contributed by atoms with E-state index < -0.39 is 12.2 Å². The molecule has 7 heteroatoms. The Hall–Kier alpha value is -0.410. The number of aliphatic hydroxyl groups excluding tert-OH is 2. The van der Waals surface area contributed by atoms with Gasteiger partial charge in [0, 0.05) is 19.5 Å². The summed E-state index contributed by atoms with van der Waals surface area (Å²) in [6.07, 6.45) is 6.75. The summed E-state index contributed by atoms with van der Waals surface area (Å²) in [6.45, 7) is 2.94. The summed E-state index contributed by atoms with van der Waals surface area (Å²) in [7, 11) is 3.92. The number of likely N-dealkylation sites (N-methyl/N-ethyl adjacent to an activating group) is 2. The zero-order chi connectivity index (χ0) is 15.4. The predicted octanol–water partition coefficient (Wildman–Crippen LogP) is 0.515. The van der Waals surface area contributed by atoms with Crippen LogP contribution in [0.15, 0.2) is 0 Å². The minimum atomic E-state index is -0.563. The van der Waals surface area contributed by atoms with Crippen molar-refractivity contribution in [2.24, 2.45) is 0 Å². The van der Waals surface area contributed by atoms with Gasteiger partial charge in [0.2, 0.25) is 0 Å². The molecule has 0 amide bonds. The van der Waals surface area contributed by atoms with Crippen LogP contribution in [-0.4, -0.2) is 72.5 Å². The summed E-state index contributed by atoms with van der Waals surface area (Å²) in [4.78, 5) is 4.11. The highest BCUT2D eigenvalue weighted by Gasteiger charge is 2.08. The molecule has 0 unspecified atom stereocenters. The van der Waals surface area contributed by atoms with Gasteiger partial charge in [0.15, 0.2) is 0 Å². The van der Waals surface area contributed by atoms with Crippen LogP contribution in [0.2, 0.25) is 0 Å². The van der Waals surface area contributed by atoms with E-state index in [1.54, 1.807) is 0 Å². The van der Waals surface area contributed by atoms with E-state index >= 15 is 0 Å². The number of nitriles is 1. The lowest BCUT2D eigenvalue weighted by atomic mass is 10.2. The highest BCUT2D eigenvalue weighted by Crippen LogP contribution is 2.00. The number of aliphatic hydroxyl groups is 2. The second-order valence-corrected chi connectivity index (χ2v) is 5.31. The number of rotatable bonds is 11. The third-order valence-corrected chi connectivity index (χ3v) is 3.05. The van der Waals surface area contributed by atoms with Crippen molar-refractivity contribution in [3.05, 3.63) is 0 Å². The molecule has 0 radical (unpaired) electrons. The third-order valence-electron chi connectivity index (χ3n) is 3.05. The first kappa shape index (κ1) is 26.5. The van der Waals surface area contributed by atoms with Gasteiger partial charge in [-0.25, -0.2) is 0 Å². The number of terminal acetylenes is 1. The molecule has 130 valence electrons. The number of hydrogen-bond donors (Lipinski definition) is 2. The van der Waals surface area contributed by atoms with Crippen molar-refractivity contribution >= 4 is 27.0 Å². The maximum atomic E-state index is 9.57. The van der Waals surface area contributed by atoms with Crippen molar-refractivity contribution in [1.82, 2.24) is 9.80 Å². The molecule has 0 saturated carbocycles. The molecule has 5 nitrogen and oxygen atoms in total. The van der Waals surface area contributed by atoms with E-state index in [-0.39, 0.29) is 33.4 Å². The van der Waals surface area contributed by atoms with Crippen LogP contribution in [0.4, 0.5) is 0 Å². The Bertz CT molecular complexity index is 300. The molecule has 0 aliphatic rings. The SMILES string of the molecule is C#CC[C@H](O)CN(C)CCCCN(C)C[C@@H](O)CC#N.S.S. The molecule has 22 heavy (non-hydrogen) atoms. The summed E-state index contributed by atoms with van der Waals surface area (Å²) < 4.78 is 0. The quantitative estimate of drug-likeness (QED) is 0.420. The summed E-state index contributed by atoms with van der Waals surface area (Å²) >= 11 is 0. The Morgan fingerprint density at radius 3 is 1.73 bits per heavy atom. The monoisotopic (exact) mass is 349 g/mol. The van der Waals surface area contributed by atoms with Crippen LogP contribution < -0.4 is 0 Å². The minimum absolute atomic E-state index is 0. The van der Waals surface area contributed by atoms with Crippen LogP contribution in [0.3, 0.4) is 0 Å². The summed E-state index contributed by atoms with van der Waals surface area (Å²) in [5.41, 5.74) is 0. The molecule has 2 N–H and O–H groups in total. The standard InChI is InChI=1S/C15H27N3O2.2H2S/c1-4-7-14(19)12-17(2)10-5-6-11-18(3)13-15(20)8-9-16;;/h1,14-15,19-20H,5-8,10-13H2,2-3H3;2*1H2/t14-,15-;;/m0../s1. The number of hydrogen-bond acceptors (Lipinski definition) is 5. The number of nitrogens with zero attached hydrogens (tertiary/aromatic N) is 3. The Morgan fingerprint density at radius 2 is 1.36 bits per heavy atom. The van der Waals surface area contributed by atoms with Crippen molar-refractivity contribution in [3.63, 3.8) is 0 Å². The van der Waals surface area contributed by atoms with Gasteiger partial charge in [0.05, 0.1) is 24.7 Å². The smallest absolute Gasteiger partial charge is 0.0796 e. The highest BCUT2D eigenvalue weighted by atomic mass is 32.1. The van der Waals surface area contributed by atoms with Crippen molar-refractivity contribution in [3.8, 4) is 18.4 Å². The first-order chi connectivity index (χ1) is 9.49. The molecule has 2 atom stereocenters. The second kappa shape index (κ2) is 17.0. The van der Waals surface area contributed by atoms with Gasteiger partial charge in [-0.2, -0.15) is 32.3 Å². The summed E-state index contributed by atoms with van der Waals surface area (Å²) in [5.74, 6) is 2.45. The second-order valence-electron chi connectivity index (χ2n) is 5.31. The molecular formula is C15H31N3O2S2. The Kier molecular flexibility index (Phi) is 20.4. The molecule has 0 aliphatic heterocycles. The van der Waals surface area contributed by atoms with Crippen molar-refractivity contribution in [1.29, 1.82) is 5.26 Å². The molecule has 0 aromatic rings. The molecule has 0 aliphatic carbocycles. The lowest BCUT2D eigenvalue weighted by Crippen LogP contribution is -2.31. The third kappa shape index (κ3) is 16.0.